The number of aromatic nitrogens is 2. The van der Waals surface area contributed by atoms with E-state index in [9.17, 15) is 9.90 Å². The Labute approximate surface area is 148 Å². The van der Waals surface area contributed by atoms with Gasteiger partial charge in [0.15, 0.2) is 0 Å². The van der Waals surface area contributed by atoms with Gasteiger partial charge >= 0.3 is 5.97 Å². The number of imidazole rings is 1. The Hall–Kier alpha value is -2.08. The van der Waals surface area contributed by atoms with Crippen molar-refractivity contribution in [3.63, 3.8) is 0 Å². The highest BCUT2D eigenvalue weighted by Crippen LogP contribution is 2.30. The van der Waals surface area contributed by atoms with Gasteiger partial charge in [0.2, 0.25) is 0 Å². The number of hydrogen-bond acceptors (Lipinski definition) is 4. The molecule has 2 N–H and O–H groups in total. The summed E-state index contributed by atoms with van der Waals surface area (Å²) >= 11 is 0. The molecule has 0 saturated carbocycles. The second-order valence-corrected chi connectivity index (χ2v) is 7.27. The maximum absolute atomic E-state index is 11.2. The van der Waals surface area contributed by atoms with Crippen molar-refractivity contribution in [2.24, 2.45) is 11.8 Å². The van der Waals surface area contributed by atoms with E-state index in [0.717, 1.165) is 48.5 Å². The van der Waals surface area contributed by atoms with E-state index in [0.29, 0.717) is 12.0 Å². The number of rotatable bonds is 6. The van der Waals surface area contributed by atoms with Crippen molar-refractivity contribution in [3.8, 4) is 5.75 Å². The quantitative estimate of drug-likeness (QED) is 0.841. The Balaban J connectivity index is 1.79. The van der Waals surface area contributed by atoms with Gasteiger partial charge in [-0.3, -0.25) is 4.79 Å². The van der Waals surface area contributed by atoms with Gasteiger partial charge in [-0.05, 0) is 50.8 Å². The summed E-state index contributed by atoms with van der Waals surface area (Å²) in [4.78, 5) is 21.7. The van der Waals surface area contributed by atoms with Crippen LogP contribution < -0.4 is 4.74 Å². The van der Waals surface area contributed by atoms with Crippen LogP contribution in [0.5, 0.6) is 5.75 Å². The summed E-state index contributed by atoms with van der Waals surface area (Å²) in [7, 11) is 1.65. The second kappa shape index (κ2) is 7.44. The maximum atomic E-state index is 11.2. The predicted molar refractivity (Wildman–Crippen MR) is 96.9 cm³/mol. The number of aliphatic carboxylic acids is 1. The van der Waals surface area contributed by atoms with E-state index in [-0.39, 0.29) is 12.3 Å². The number of H-pyrrole nitrogens is 1. The fourth-order valence-electron chi connectivity index (χ4n) is 3.82. The van der Waals surface area contributed by atoms with Crippen LogP contribution in [0.1, 0.15) is 32.5 Å². The summed E-state index contributed by atoms with van der Waals surface area (Å²) < 4.78 is 5.26. The van der Waals surface area contributed by atoms with Gasteiger partial charge < -0.3 is 19.7 Å². The number of carbonyl (C=O) groups is 1. The fourth-order valence-corrected chi connectivity index (χ4v) is 3.82. The monoisotopic (exact) mass is 345 g/mol. The Kier molecular flexibility index (Phi) is 5.27. The Morgan fingerprint density at radius 3 is 2.92 bits per heavy atom. The summed E-state index contributed by atoms with van der Waals surface area (Å²) in [6.45, 7) is 6.30. The molecule has 2 atom stereocenters. The molecule has 1 aromatic heterocycles. The summed E-state index contributed by atoms with van der Waals surface area (Å²) in [5.74, 6) is 1.52. The van der Waals surface area contributed by atoms with Crippen molar-refractivity contribution < 1.29 is 14.6 Å². The topological polar surface area (TPSA) is 78.4 Å². The molecule has 1 aliphatic heterocycles. The number of piperidine rings is 1. The molecule has 6 heteroatoms. The molecule has 2 heterocycles. The lowest BCUT2D eigenvalue weighted by atomic mass is 9.80. The minimum absolute atomic E-state index is 0.204. The molecule has 0 radical (unpaired) electrons. The number of carboxylic acid groups (broad SMARTS) is 1. The highest BCUT2D eigenvalue weighted by Gasteiger charge is 2.32. The lowest BCUT2D eigenvalue weighted by Gasteiger charge is -2.40. The first-order valence-corrected chi connectivity index (χ1v) is 8.94. The highest BCUT2D eigenvalue weighted by molar-refractivity contribution is 5.76. The van der Waals surface area contributed by atoms with E-state index in [1.807, 2.05) is 18.2 Å². The molecule has 1 aliphatic rings. The van der Waals surface area contributed by atoms with E-state index in [2.05, 4.69) is 28.7 Å². The first kappa shape index (κ1) is 17.7. The number of nitrogens with zero attached hydrogens (tertiary/aromatic N) is 2. The third-order valence-corrected chi connectivity index (χ3v) is 5.28. The van der Waals surface area contributed by atoms with Gasteiger partial charge in [-0.2, -0.15) is 0 Å². The molecule has 2 unspecified atom stereocenters. The number of aromatic amines is 1. The third-order valence-electron chi connectivity index (χ3n) is 5.28. The van der Waals surface area contributed by atoms with Gasteiger partial charge in [-0.15, -0.1) is 0 Å². The molecular weight excluding hydrogens is 318 g/mol. The third kappa shape index (κ3) is 4.12. The molecule has 1 aromatic carbocycles. The Morgan fingerprint density at radius 2 is 2.24 bits per heavy atom. The molecule has 1 fully saturated rings. The Bertz CT molecular complexity index is 741. The second-order valence-electron chi connectivity index (χ2n) is 7.27. The zero-order valence-electron chi connectivity index (χ0n) is 15.2. The van der Waals surface area contributed by atoms with Gasteiger partial charge in [0.05, 0.1) is 18.1 Å². The molecule has 25 heavy (non-hydrogen) atoms. The maximum Gasteiger partial charge on any atom is 0.303 e. The molecule has 0 amide bonds. The zero-order valence-corrected chi connectivity index (χ0v) is 15.2. The van der Waals surface area contributed by atoms with Crippen LogP contribution in [-0.2, 0) is 11.2 Å². The molecule has 0 spiro atoms. The minimum atomic E-state index is -0.706. The molecule has 6 nitrogen and oxygen atoms in total. The van der Waals surface area contributed by atoms with E-state index >= 15 is 0 Å². The summed E-state index contributed by atoms with van der Waals surface area (Å²) in [5, 5.41) is 9.25. The molecule has 3 rings (SSSR count). The van der Waals surface area contributed by atoms with Crippen molar-refractivity contribution in [1.29, 1.82) is 0 Å². The number of methoxy groups -OCH3 is 1. The minimum Gasteiger partial charge on any atom is -0.497 e. The van der Waals surface area contributed by atoms with Crippen molar-refractivity contribution in [1.82, 2.24) is 14.9 Å². The SMILES string of the molecule is COc1ccc2nc(CC3CN(C(C)C)CCC3CC(=O)O)[nH]c2c1. The molecule has 0 aliphatic carbocycles. The van der Waals surface area contributed by atoms with Crippen LogP contribution in [0.2, 0.25) is 0 Å². The average molecular weight is 345 g/mol. The van der Waals surface area contributed by atoms with Crippen molar-refractivity contribution >= 4 is 17.0 Å². The van der Waals surface area contributed by atoms with Gasteiger partial charge in [-0.1, -0.05) is 0 Å². The number of carboxylic acids is 1. The zero-order chi connectivity index (χ0) is 18.0. The molecule has 1 saturated heterocycles. The first-order chi connectivity index (χ1) is 12.0. The summed E-state index contributed by atoms with van der Waals surface area (Å²) in [6.07, 6.45) is 1.95. The summed E-state index contributed by atoms with van der Waals surface area (Å²) in [6, 6.07) is 6.28. The Morgan fingerprint density at radius 1 is 1.44 bits per heavy atom. The number of benzene rings is 1. The van der Waals surface area contributed by atoms with E-state index in [1.165, 1.54) is 0 Å². The van der Waals surface area contributed by atoms with Crippen molar-refractivity contribution in [3.05, 3.63) is 24.0 Å². The number of hydrogen-bond donors (Lipinski definition) is 2. The number of ether oxygens (including phenoxy) is 1. The molecule has 136 valence electrons. The number of nitrogens with one attached hydrogen (secondary N) is 1. The summed E-state index contributed by atoms with van der Waals surface area (Å²) in [5.41, 5.74) is 1.88. The average Bonchev–Trinajstić information content (AvgIpc) is 2.97. The van der Waals surface area contributed by atoms with Gasteiger partial charge in [0, 0.05) is 31.5 Å². The molecule has 0 bridgehead atoms. The van der Waals surface area contributed by atoms with Crippen molar-refractivity contribution in [2.45, 2.75) is 39.2 Å². The van der Waals surface area contributed by atoms with Crippen LogP contribution in [0.4, 0.5) is 0 Å². The lowest BCUT2D eigenvalue weighted by Crippen LogP contribution is -2.45. The van der Waals surface area contributed by atoms with Crippen LogP contribution in [0, 0.1) is 11.8 Å². The van der Waals surface area contributed by atoms with E-state index in [1.54, 1.807) is 7.11 Å². The molecular formula is C19H27N3O3. The highest BCUT2D eigenvalue weighted by atomic mass is 16.5. The van der Waals surface area contributed by atoms with E-state index in [4.69, 9.17) is 4.74 Å². The van der Waals surface area contributed by atoms with Crippen LogP contribution in [-0.4, -0.2) is 52.2 Å². The smallest absolute Gasteiger partial charge is 0.303 e. The fraction of sp³-hybridized carbons (Fsp3) is 0.579. The van der Waals surface area contributed by atoms with Gasteiger partial charge in [0.1, 0.15) is 11.6 Å². The van der Waals surface area contributed by atoms with Gasteiger partial charge in [-0.25, -0.2) is 4.98 Å². The normalized spacial score (nSPS) is 21.8. The van der Waals surface area contributed by atoms with Gasteiger partial charge in [0.25, 0.3) is 0 Å². The van der Waals surface area contributed by atoms with Crippen LogP contribution in [0.3, 0.4) is 0 Å². The number of likely N-dealkylation sites (tertiary alicyclic amines) is 1. The van der Waals surface area contributed by atoms with E-state index < -0.39 is 5.97 Å². The van der Waals surface area contributed by atoms with Crippen LogP contribution in [0.15, 0.2) is 18.2 Å². The first-order valence-electron chi connectivity index (χ1n) is 8.94. The van der Waals surface area contributed by atoms with Crippen LogP contribution >= 0.6 is 0 Å². The van der Waals surface area contributed by atoms with Crippen molar-refractivity contribution in [2.75, 3.05) is 20.2 Å². The number of fused-ring (bicyclic) bond motifs is 1. The standard InChI is InChI=1S/C19H27N3O3/c1-12(2)22-7-6-13(9-19(23)24)14(11-22)8-18-20-16-5-4-15(25-3)10-17(16)21-18/h4-5,10,12-14H,6-9,11H2,1-3H3,(H,20,21)(H,23,24). The van der Waals surface area contributed by atoms with Crippen LogP contribution in [0.25, 0.3) is 11.0 Å². The molecule has 2 aromatic rings. The largest absolute Gasteiger partial charge is 0.497 e. The lowest BCUT2D eigenvalue weighted by molar-refractivity contribution is -0.139. The predicted octanol–water partition coefficient (Wildman–Crippen LogP) is 2.94.